The van der Waals surface area contributed by atoms with E-state index in [9.17, 15) is 4.79 Å². The number of benzene rings is 1. The molecule has 0 aromatic heterocycles. The Labute approximate surface area is 121 Å². The Kier molecular flexibility index (Phi) is 3.68. The minimum atomic E-state index is -0.208. The maximum absolute atomic E-state index is 12.9. The summed E-state index contributed by atoms with van der Waals surface area (Å²) in [5.41, 5.74) is 7.13. The summed E-state index contributed by atoms with van der Waals surface area (Å²) in [6, 6.07) is 10.5. The van der Waals surface area contributed by atoms with Crippen molar-refractivity contribution in [2.24, 2.45) is 23.0 Å². The fourth-order valence-electron chi connectivity index (χ4n) is 3.81. The van der Waals surface area contributed by atoms with E-state index in [2.05, 4.69) is 31.2 Å². The van der Waals surface area contributed by atoms with Gasteiger partial charge in [-0.15, -0.1) is 0 Å². The van der Waals surface area contributed by atoms with Crippen molar-refractivity contribution in [1.29, 1.82) is 0 Å². The van der Waals surface area contributed by atoms with Crippen LogP contribution in [0.15, 0.2) is 30.3 Å². The van der Waals surface area contributed by atoms with Gasteiger partial charge in [-0.1, -0.05) is 37.3 Å². The summed E-state index contributed by atoms with van der Waals surface area (Å²) >= 11 is 0. The van der Waals surface area contributed by atoms with Crippen molar-refractivity contribution in [2.45, 2.75) is 44.9 Å². The van der Waals surface area contributed by atoms with E-state index in [0.29, 0.717) is 18.2 Å². The average Bonchev–Trinajstić information content (AvgIpc) is 3.29. The van der Waals surface area contributed by atoms with Crippen molar-refractivity contribution in [3.63, 3.8) is 0 Å². The number of nitrogens with two attached hydrogens (primary N) is 1. The van der Waals surface area contributed by atoms with Crippen molar-refractivity contribution in [3.8, 4) is 0 Å². The molecule has 0 radical (unpaired) electrons. The van der Waals surface area contributed by atoms with Crippen LogP contribution >= 0.6 is 0 Å². The van der Waals surface area contributed by atoms with E-state index in [1.165, 1.54) is 5.56 Å². The fourth-order valence-corrected chi connectivity index (χ4v) is 3.81. The van der Waals surface area contributed by atoms with Gasteiger partial charge in [0.15, 0.2) is 0 Å². The molecule has 0 amide bonds. The van der Waals surface area contributed by atoms with Crippen LogP contribution in [-0.2, 0) is 4.79 Å². The average molecular weight is 271 g/mol. The highest BCUT2D eigenvalue weighted by molar-refractivity contribution is 5.90. The van der Waals surface area contributed by atoms with Gasteiger partial charge in [0.1, 0.15) is 5.78 Å². The number of Topliss-reactive ketones (excluding diaryl/α,β-unsaturated/α-hetero) is 1. The molecule has 0 aliphatic heterocycles. The topological polar surface area (TPSA) is 43.1 Å². The Bertz CT molecular complexity index is 473. The third-order valence-electron chi connectivity index (χ3n) is 5.50. The molecule has 1 aromatic carbocycles. The largest absolute Gasteiger partial charge is 0.329 e. The van der Waals surface area contributed by atoms with Gasteiger partial charge in [0.25, 0.3) is 0 Å². The van der Waals surface area contributed by atoms with Crippen LogP contribution in [0.5, 0.6) is 0 Å². The van der Waals surface area contributed by atoms with Crippen molar-refractivity contribution >= 4 is 5.78 Å². The zero-order valence-corrected chi connectivity index (χ0v) is 12.3. The van der Waals surface area contributed by atoms with Gasteiger partial charge in [-0.05, 0) is 49.5 Å². The molecule has 2 aliphatic rings. The second-order valence-electron chi connectivity index (χ2n) is 6.89. The van der Waals surface area contributed by atoms with Crippen LogP contribution in [0.1, 0.15) is 50.5 Å². The van der Waals surface area contributed by atoms with E-state index in [4.69, 9.17) is 5.73 Å². The van der Waals surface area contributed by atoms with Crippen molar-refractivity contribution in [2.75, 3.05) is 6.54 Å². The zero-order chi connectivity index (χ0) is 14.2. The highest BCUT2D eigenvalue weighted by Crippen LogP contribution is 2.53. The maximum atomic E-state index is 12.9. The summed E-state index contributed by atoms with van der Waals surface area (Å²) in [4.78, 5) is 12.9. The molecule has 2 N–H and O–H groups in total. The molecule has 20 heavy (non-hydrogen) atoms. The maximum Gasteiger partial charge on any atom is 0.143 e. The Morgan fingerprint density at radius 1 is 1.25 bits per heavy atom. The Hall–Kier alpha value is -1.15. The molecule has 108 valence electrons. The molecule has 2 saturated carbocycles. The Balaban J connectivity index is 1.70. The van der Waals surface area contributed by atoms with Crippen molar-refractivity contribution < 1.29 is 4.79 Å². The Morgan fingerprint density at radius 3 is 2.50 bits per heavy atom. The number of hydrogen-bond acceptors (Lipinski definition) is 2. The molecule has 2 atom stereocenters. The summed E-state index contributed by atoms with van der Waals surface area (Å²) in [6.45, 7) is 2.82. The van der Waals surface area contributed by atoms with Crippen LogP contribution in [0, 0.1) is 17.3 Å². The lowest BCUT2D eigenvalue weighted by atomic mass is 9.67. The molecule has 1 aromatic rings. The summed E-state index contributed by atoms with van der Waals surface area (Å²) in [6.07, 6.45) is 5.35. The van der Waals surface area contributed by atoms with Gasteiger partial charge in [0.2, 0.25) is 0 Å². The number of carbonyl (C=O) groups is 1. The lowest BCUT2D eigenvalue weighted by Crippen LogP contribution is -2.42. The molecule has 2 nitrogen and oxygen atoms in total. The number of carbonyl (C=O) groups excluding carboxylic acids is 1. The first-order valence-electron chi connectivity index (χ1n) is 7.95. The van der Waals surface area contributed by atoms with E-state index in [1.807, 2.05) is 6.07 Å². The van der Waals surface area contributed by atoms with Crippen LogP contribution in [-0.4, -0.2) is 12.3 Å². The Morgan fingerprint density at radius 2 is 1.90 bits per heavy atom. The smallest absolute Gasteiger partial charge is 0.143 e. The molecule has 2 heteroatoms. The molecule has 2 aliphatic carbocycles. The van der Waals surface area contributed by atoms with Gasteiger partial charge < -0.3 is 5.73 Å². The minimum absolute atomic E-state index is 0.208. The van der Waals surface area contributed by atoms with Crippen molar-refractivity contribution in [3.05, 3.63) is 35.9 Å². The minimum Gasteiger partial charge on any atom is -0.329 e. The standard InChI is InChI=1S/C18H25NO/c1-13-7-9-18(12-19,10-8-13)17(20)16-11-15(16)14-5-3-2-4-6-14/h2-6,13,15-16H,7-12,19H2,1H3. The van der Waals surface area contributed by atoms with E-state index in [1.54, 1.807) is 0 Å². The molecular weight excluding hydrogens is 246 g/mol. The van der Waals surface area contributed by atoms with Crippen LogP contribution in [0.2, 0.25) is 0 Å². The third-order valence-corrected chi connectivity index (χ3v) is 5.50. The molecule has 0 spiro atoms. The van der Waals surface area contributed by atoms with Crippen molar-refractivity contribution in [1.82, 2.24) is 0 Å². The quantitative estimate of drug-likeness (QED) is 0.910. The fraction of sp³-hybridized carbons (Fsp3) is 0.611. The van der Waals surface area contributed by atoms with Gasteiger partial charge in [0.05, 0.1) is 0 Å². The molecular formula is C18H25NO. The van der Waals surface area contributed by atoms with Gasteiger partial charge in [-0.3, -0.25) is 4.79 Å². The van der Waals surface area contributed by atoms with E-state index in [-0.39, 0.29) is 11.3 Å². The van der Waals surface area contributed by atoms with Crippen LogP contribution < -0.4 is 5.73 Å². The summed E-state index contributed by atoms with van der Waals surface area (Å²) in [5.74, 6) is 1.90. The summed E-state index contributed by atoms with van der Waals surface area (Å²) in [5, 5.41) is 0. The molecule has 0 bridgehead atoms. The van der Waals surface area contributed by atoms with Gasteiger partial charge in [-0.2, -0.15) is 0 Å². The number of ketones is 1. The predicted molar refractivity (Wildman–Crippen MR) is 81.4 cm³/mol. The van der Waals surface area contributed by atoms with Gasteiger partial charge in [0, 0.05) is 17.9 Å². The SMILES string of the molecule is CC1CCC(CN)(C(=O)C2CC2c2ccccc2)CC1. The highest BCUT2D eigenvalue weighted by Gasteiger charge is 2.51. The second-order valence-corrected chi connectivity index (χ2v) is 6.89. The van der Waals surface area contributed by atoms with Crippen LogP contribution in [0.3, 0.4) is 0 Å². The lowest BCUT2D eigenvalue weighted by molar-refractivity contribution is -0.132. The van der Waals surface area contributed by atoms with Crippen LogP contribution in [0.25, 0.3) is 0 Å². The van der Waals surface area contributed by atoms with E-state index < -0.39 is 0 Å². The normalized spacial score (nSPS) is 36.6. The third kappa shape index (κ3) is 2.42. The van der Waals surface area contributed by atoms with Gasteiger partial charge >= 0.3 is 0 Å². The first-order chi connectivity index (χ1) is 9.66. The molecule has 0 saturated heterocycles. The molecule has 2 fully saturated rings. The van der Waals surface area contributed by atoms with E-state index >= 15 is 0 Å². The summed E-state index contributed by atoms with van der Waals surface area (Å²) in [7, 11) is 0. The first kappa shape index (κ1) is 13.8. The van der Waals surface area contributed by atoms with Crippen LogP contribution in [0.4, 0.5) is 0 Å². The predicted octanol–water partition coefficient (Wildman–Crippen LogP) is 3.51. The monoisotopic (exact) mass is 271 g/mol. The molecule has 3 rings (SSSR count). The van der Waals surface area contributed by atoms with E-state index in [0.717, 1.165) is 38.0 Å². The summed E-state index contributed by atoms with van der Waals surface area (Å²) < 4.78 is 0. The lowest BCUT2D eigenvalue weighted by Gasteiger charge is -2.37. The molecule has 0 heterocycles. The zero-order valence-electron chi connectivity index (χ0n) is 12.3. The second kappa shape index (κ2) is 5.33. The number of hydrogen-bond donors (Lipinski definition) is 1. The molecule has 2 unspecified atom stereocenters. The first-order valence-corrected chi connectivity index (χ1v) is 7.95. The highest BCUT2D eigenvalue weighted by atomic mass is 16.1. The van der Waals surface area contributed by atoms with Gasteiger partial charge in [-0.25, -0.2) is 0 Å². The number of rotatable bonds is 4.